The van der Waals surface area contributed by atoms with Gasteiger partial charge in [0.2, 0.25) is 0 Å². The Bertz CT molecular complexity index is 1320. The Morgan fingerprint density at radius 2 is 1.82 bits per heavy atom. The van der Waals surface area contributed by atoms with E-state index in [2.05, 4.69) is 0 Å². The van der Waals surface area contributed by atoms with Crippen molar-refractivity contribution in [2.75, 3.05) is 13.2 Å². The van der Waals surface area contributed by atoms with Crippen molar-refractivity contribution in [1.82, 2.24) is 9.47 Å². The average molecular weight is 498 g/mol. The number of rotatable bonds is 7. The molecule has 0 saturated carbocycles. The molecule has 34 heavy (non-hydrogen) atoms. The van der Waals surface area contributed by atoms with Gasteiger partial charge in [0.25, 0.3) is 16.8 Å². The molecule has 0 radical (unpaired) electrons. The fourth-order valence-corrected chi connectivity index (χ4v) is 4.74. The van der Waals surface area contributed by atoms with Crippen LogP contribution in [0.3, 0.4) is 0 Å². The van der Waals surface area contributed by atoms with Crippen LogP contribution >= 0.6 is 23.4 Å². The number of carbonyl (C=O) groups is 2. The Hall–Kier alpha value is -3.56. The minimum absolute atomic E-state index is 0.0126. The van der Waals surface area contributed by atoms with Crippen LogP contribution in [0, 0.1) is 24.0 Å². The van der Waals surface area contributed by atoms with Crippen LogP contribution in [-0.2, 0) is 4.79 Å². The van der Waals surface area contributed by atoms with Crippen LogP contribution in [0.1, 0.15) is 17.0 Å². The topological polar surface area (TPSA) is 94.7 Å². The van der Waals surface area contributed by atoms with E-state index in [0.29, 0.717) is 15.7 Å². The van der Waals surface area contributed by atoms with E-state index in [1.807, 2.05) is 24.5 Å². The van der Waals surface area contributed by atoms with Gasteiger partial charge in [-0.2, -0.15) is 0 Å². The second kappa shape index (κ2) is 9.74. The van der Waals surface area contributed by atoms with E-state index in [4.69, 9.17) is 16.3 Å². The van der Waals surface area contributed by atoms with Gasteiger partial charge in [0, 0.05) is 29.2 Å². The lowest BCUT2D eigenvalue weighted by Gasteiger charge is -2.13. The maximum absolute atomic E-state index is 12.9. The minimum atomic E-state index is -0.444. The van der Waals surface area contributed by atoms with E-state index < -0.39 is 4.92 Å². The molecule has 1 aromatic heterocycles. The largest absolute Gasteiger partial charge is 0.490 e. The molecule has 2 amide bonds. The van der Waals surface area contributed by atoms with Gasteiger partial charge in [-0.25, -0.2) is 0 Å². The first-order chi connectivity index (χ1) is 16.3. The molecule has 0 atom stereocenters. The lowest BCUT2D eigenvalue weighted by Crippen LogP contribution is -2.32. The van der Waals surface area contributed by atoms with E-state index in [-0.39, 0.29) is 30.0 Å². The lowest BCUT2D eigenvalue weighted by molar-refractivity contribution is -0.384. The molecule has 1 saturated heterocycles. The zero-order chi connectivity index (χ0) is 24.4. The minimum Gasteiger partial charge on any atom is -0.490 e. The summed E-state index contributed by atoms with van der Waals surface area (Å²) in [6.07, 6.45) is 1.70. The highest BCUT2D eigenvalue weighted by Crippen LogP contribution is 2.34. The van der Waals surface area contributed by atoms with Gasteiger partial charge in [-0.05, 0) is 67.6 Å². The first kappa shape index (κ1) is 23.6. The van der Waals surface area contributed by atoms with Crippen molar-refractivity contribution in [2.45, 2.75) is 13.8 Å². The number of ether oxygens (including phenoxy) is 1. The predicted molar refractivity (Wildman–Crippen MR) is 132 cm³/mol. The van der Waals surface area contributed by atoms with E-state index in [1.165, 1.54) is 12.1 Å². The van der Waals surface area contributed by atoms with Crippen LogP contribution in [0.5, 0.6) is 5.75 Å². The molecular formula is C24H20ClN3O5S. The molecule has 0 aliphatic carbocycles. The zero-order valence-electron chi connectivity index (χ0n) is 18.4. The molecule has 4 rings (SSSR count). The van der Waals surface area contributed by atoms with Crippen molar-refractivity contribution in [1.29, 1.82) is 0 Å². The van der Waals surface area contributed by atoms with Gasteiger partial charge in [-0.1, -0.05) is 23.7 Å². The summed E-state index contributed by atoms with van der Waals surface area (Å²) in [6, 6.07) is 15.2. The fraction of sp³-hybridized carbons (Fsp3) is 0.167. The highest BCUT2D eigenvalue weighted by Gasteiger charge is 2.35. The standard InChI is InChI=1S/C24H20ClN3O5S/c1-15-13-17(16(2)27(15)18-7-9-19(10-8-18)28(31)32)14-22-23(29)26(24(30)34-22)11-12-33-21-6-4-3-5-20(21)25/h3-10,13-14H,11-12H2,1-2H3/b22-14-. The molecule has 8 nitrogen and oxygen atoms in total. The number of non-ortho nitro benzene ring substituents is 1. The number of aromatic nitrogens is 1. The summed E-state index contributed by atoms with van der Waals surface area (Å²) < 4.78 is 7.55. The third-order valence-corrected chi connectivity index (χ3v) is 6.58. The summed E-state index contributed by atoms with van der Waals surface area (Å²) in [5.41, 5.74) is 3.31. The number of nitro benzene ring substituents is 1. The summed E-state index contributed by atoms with van der Waals surface area (Å²) >= 11 is 6.95. The Labute approximate surface area is 204 Å². The number of para-hydroxylation sites is 1. The summed E-state index contributed by atoms with van der Waals surface area (Å²) in [5, 5.41) is 11.0. The Balaban J connectivity index is 1.50. The molecule has 2 heterocycles. The molecule has 174 valence electrons. The van der Waals surface area contributed by atoms with Gasteiger partial charge in [0.15, 0.2) is 0 Å². The van der Waals surface area contributed by atoms with Gasteiger partial charge in [0.1, 0.15) is 12.4 Å². The molecule has 3 aromatic rings. The van der Waals surface area contributed by atoms with Crippen LogP contribution in [-0.4, -0.2) is 38.7 Å². The molecular weight excluding hydrogens is 478 g/mol. The number of amides is 2. The number of nitrogens with zero attached hydrogens (tertiary/aromatic N) is 3. The summed E-state index contributed by atoms with van der Waals surface area (Å²) in [4.78, 5) is 37.3. The maximum atomic E-state index is 12.9. The number of imide groups is 1. The van der Waals surface area contributed by atoms with Gasteiger partial charge < -0.3 is 9.30 Å². The number of nitro groups is 1. The lowest BCUT2D eigenvalue weighted by atomic mass is 10.2. The second-order valence-electron chi connectivity index (χ2n) is 7.55. The van der Waals surface area contributed by atoms with Gasteiger partial charge in [0.05, 0.1) is 21.4 Å². The third kappa shape index (κ3) is 4.71. The summed E-state index contributed by atoms with van der Waals surface area (Å²) in [6.45, 7) is 4.03. The molecule has 0 spiro atoms. The van der Waals surface area contributed by atoms with Crippen LogP contribution in [0.15, 0.2) is 59.5 Å². The second-order valence-corrected chi connectivity index (χ2v) is 8.95. The van der Waals surface area contributed by atoms with E-state index >= 15 is 0 Å². The van der Waals surface area contributed by atoms with E-state index in [1.54, 1.807) is 42.5 Å². The summed E-state index contributed by atoms with van der Waals surface area (Å²) in [5.74, 6) is 0.114. The molecule has 1 fully saturated rings. The molecule has 0 bridgehead atoms. The molecule has 0 N–H and O–H groups in total. The number of hydrogen-bond donors (Lipinski definition) is 0. The SMILES string of the molecule is Cc1cc(/C=C2\SC(=O)N(CCOc3ccccc3Cl)C2=O)c(C)n1-c1ccc([N+](=O)[O-])cc1. The molecule has 1 aliphatic rings. The van der Waals surface area contributed by atoms with E-state index in [9.17, 15) is 19.7 Å². The number of thioether (sulfide) groups is 1. The van der Waals surface area contributed by atoms with Crippen molar-refractivity contribution >= 4 is 46.3 Å². The number of benzene rings is 2. The Morgan fingerprint density at radius 3 is 2.50 bits per heavy atom. The van der Waals surface area contributed by atoms with Crippen LogP contribution in [0.2, 0.25) is 5.02 Å². The maximum Gasteiger partial charge on any atom is 0.293 e. The average Bonchev–Trinajstić information content (AvgIpc) is 3.24. The quantitative estimate of drug-likeness (QED) is 0.233. The molecule has 0 unspecified atom stereocenters. The summed E-state index contributed by atoms with van der Waals surface area (Å²) in [7, 11) is 0. The Morgan fingerprint density at radius 1 is 1.12 bits per heavy atom. The predicted octanol–water partition coefficient (Wildman–Crippen LogP) is 5.77. The van der Waals surface area contributed by atoms with E-state index in [0.717, 1.165) is 39.3 Å². The van der Waals surface area contributed by atoms with Crippen LogP contribution in [0.4, 0.5) is 10.5 Å². The van der Waals surface area contributed by atoms with Gasteiger partial charge in [-0.15, -0.1) is 0 Å². The highest BCUT2D eigenvalue weighted by molar-refractivity contribution is 8.18. The molecule has 10 heteroatoms. The smallest absolute Gasteiger partial charge is 0.293 e. The number of hydrogen-bond acceptors (Lipinski definition) is 6. The number of halogens is 1. The van der Waals surface area contributed by atoms with Crippen molar-refractivity contribution < 1.29 is 19.2 Å². The zero-order valence-corrected chi connectivity index (χ0v) is 19.9. The first-order valence-electron chi connectivity index (χ1n) is 10.3. The normalized spacial score (nSPS) is 14.8. The Kier molecular flexibility index (Phi) is 6.76. The van der Waals surface area contributed by atoms with Crippen molar-refractivity contribution in [3.05, 3.63) is 91.6 Å². The molecule has 1 aliphatic heterocycles. The van der Waals surface area contributed by atoms with Crippen molar-refractivity contribution in [3.8, 4) is 11.4 Å². The van der Waals surface area contributed by atoms with Crippen LogP contribution in [0.25, 0.3) is 11.8 Å². The van der Waals surface area contributed by atoms with Crippen molar-refractivity contribution in [2.24, 2.45) is 0 Å². The number of carbonyl (C=O) groups excluding carboxylic acids is 2. The number of aryl methyl sites for hydroxylation is 1. The molecule has 2 aromatic carbocycles. The first-order valence-corrected chi connectivity index (χ1v) is 11.5. The van der Waals surface area contributed by atoms with Crippen molar-refractivity contribution in [3.63, 3.8) is 0 Å². The van der Waals surface area contributed by atoms with Crippen LogP contribution < -0.4 is 4.74 Å². The monoisotopic (exact) mass is 497 g/mol. The van der Waals surface area contributed by atoms with Gasteiger partial charge >= 0.3 is 0 Å². The highest BCUT2D eigenvalue weighted by atomic mass is 35.5. The van der Waals surface area contributed by atoms with Gasteiger partial charge in [-0.3, -0.25) is 24.6 Å². The fourth-order valence-electron chi connectivity index (χ4n) is 3.70. The third-order valence-electron chi connectivity index (χ3n) is 5.36.